The highest BCUT2D eigenvalue weighted by Crippen LogP contribution is 2.32. The Kier molecular flexibility index (Phi) is 4.78. The van der Waals surface area contributed by atoms with E-state index >= 15 is 0 Å². The largest absolute Gasteiger partial charge is 0.381 e. The predicted molar refractivity (Wildman–Crippen MR) is 106 cm³/mol. The molecule has 1 fully saturated rings. The highest BCUT2D eigenvalue weighted by atomic mass is 35.5. The Labute approximate surface area is 162 Å². The van der Waals surface area contributed by atoms with Crippen LogP contribution in [0.15, 0.2) is 42.5 Å². The lowest BCUT2D eigenvalue weighted by atomic mass is 9.96. The van der Waals surface area contributed by atoms with Crippen LogP contribution in [-0.2, 0) is 11.2 Å². The number of rotatable bonds is 5. The van der Waals surface area contributed by atoms with Gasteiger partial charge in [0.15, 0.2) is 5.78 Å². The summed E-state index contributed by atoms with van der Waals surface area (Å²) in [6.07, 6.45) is 0.986. The van der Waals surface area contributed by atoms with Crippen molar-refractivity contribution in [1.29, 1.82) is 0 Å². The summed E-state index contributed by atoms with van der Waals surface area (Å²) in [6, 6.07) is 14.0. The van der Waals surface area contributed by atoms with Crippen LogP contribution in [0.5, 0.6) is 0 Å². The van der Waals surface area contributed by atoms with Crippen molar-refractivity contribution in [2.45, 2.75) is 13.3 Å². The fourth-order valence-electron chi connectivity index (χ4n) is 3.67. The zero-order valence-corrected chi connectivity index (χ0v) is 16.0. The molecule has 3 aromatic rings. The molecule has 4 rings (SSSR count). The van der Waals surface area contributed by atoms with Crippen LogP contribution < -0.4 is 0 Å². The number of ether oxygens (including phenoxy) is 1. The highest BCUT2D eigenvalue weighted by Gasteiger charge is 2.22. The second-order valence-corrected chi connectivity index (χ2v) is 7.49. The smallest absolute Gasteiger partial charge is 0.180 e. The third kappa shape index (κ3) is 3.05. The van der Waals surface area contributed by atoms with E-state index in [1.54, 1.807) is 0 Å². The van der Waals surface area contributed by atoms with Gasteiger partial charge in [0.05, 0.1) is 24.6 Å². The molecular formula is C21H19Cl2NO2. The van der Waals surface area contributed by atoms with Crippen molar-refractivity contribution in [2.24, 2.45) is 5.92 Å². The standard InChI is InChI=1S/C21H19Cl2NO2/c1-13-21(20(25)10-22)18-7-2-14(8-15-11-26-12-15)9-19(18)24(13)17-5-3-16(23)4-6-17/h2-7,9,15H,8,10-12H2,1H3. The van der Waals surface area contributed by atoms with E-state index in [1.807, 2.05) is 37.3 Å². The third-order valence-electron chi connectivity index (χ3n) is 4.99. The number of fused-ring (bicyclic) bond motifs is 1. The van der Waals surface area contributed by atoms with Crippen LogP contribution in [0.4, 0.5) is 0 Å². The molecule has 0 amide bonds. The average molecular weight is 388 g/mol. The lowest BCUT2D eigenvalue weighted by Crippen LogP contribution is -2.29. The number of hydrogen-bond acceptors (Lipinski definition) is 2. The summed E-state index contributed by atoms with van der Waals surface area (Å²) in [5.41, 5.74) is 4.86. The molecule has 3 nitrogen and oxygen atoms in total. The van der Waals surface area contributed by atoms with E-state index < -0.39 is 0 Å². The summed E-state index contributed by atoms with van der Waals surface area (Å²) >= 11 is 11.9. The normalized spacial score (nSPS) is 14.6. The van der Waals surface area contributed by atoms with Crippen molar-refractivity contribution in [2.75, 3.05) is 19.1 Å². The van der Waals surface area contributed by atoms with Gasteiger partial charge in [0.1, 0.15) is 0 Å². The van der Waals surface area contributed by atoms with Crippen molar-refractivity contribution in [3.8, 4) is 5.69 Å². The van der Waals surface area contributed by atoms with Gasteiger partial charge in [0.25, 0.3) is 0 Å². The molecule has 1 aromatic heterocycles. The summed E-state index contributed by atoms with van der Waals surface area (Å²) in [5.74, 6) is 0.500. The Morgan fingerprint density at radius 2 is 1.92 bits per heavy atom. The number of alkyl halides is 1. The summed E-state index contributed by atoms with van der Waals surface area (Å²) in [4.78, 5) is 12.5. The van der Waals surface area contributed by atoms with Crippen LogP contribution >= 0.6 is 23.2 Å². The third-order valence-corrected chi connectivity index (χ3v) is 5.48. The van der Waals surface area contributed by atoms with Crippen molar-refractivity contribution in [3.63, 3.8) is 0 Å². The fraction of sp³-hybridized carbons (Fsp3) is 0.286. The van der Waals surface area contributed by atoms with Crippen molar-refractivity contribution < 1.29 is 9.53 Å². The second kappa shape index (κ2) is 7.07. The molecule has 0 radical (unpaired) electrons. The Morgan fingerprint density at radius 1 is 1.19 bits per heavy atom. The molecule has 2 aromatic carbocycles. The number of benzene rings is 2. The van der Waals surface area contributed by atoms with Gasteiger partial charge in [0.2, 0.25) is 0 Å². The zero-order valence-electron chi connectivity index (χ0n) is 14.5. The van der Waals surface area contributed by atoms with Crippen molar-refractivity contribution in [3.05, 3.63) is 64.3 Å². The van der Waals surface area contributed by atoms with Gasteiger partial charge in [-0.3, -0.25) is 4.79 Å². The van der Waals surface area contributed by atoms with Crippen LogP contribution in [0.3, 0.4) is 0 Å². The molecule has 134 valence electrons. The van der Waals surface area contributed by atoms with Crippen molar-refractivity contribution >= 4 is 39.9 Å². The Balaban J connectivity index is 1.91. The van der Waals surface area contributed by atoms with E-state index in [-0.39, 0.29) is 11.7 Å². The van der Waals surface area contributed by atoms with Gasteiger partial charge >= 0.3 is 0 Å². The molecule has 2 heterocycles. The van der Waals surface area contributed by atoms with Crippen LogP contribution in [0.25, 0.3) is 16.6 Å². The maximum absolute atomic E-state index is 12.5. The molecule has 1 aliphatic heterocycles. The van der Waals surface area contributed by atoms with Crippen molar-refractivity contribution in [1.82, 2.24) is 4.57 Å². The number of hydrogen-bond donors (Lipinski definition) is 0. The SMILES string of the molecule is Cc1c(C(=O)CCl)c2ccc(CC3COC3)cc2n1-c1ccc(Cl)cc1. The molecule has 0 atom stereocenters. The van der Waals surface area contributed by atoms with Gasteiger partial charge in [-0.1, -0.05) is 23.7 Å². The molecule has 1 aliphatic rings. The number of carbonyl (C=O) groups is 1. The van der Waals surface area contributed by atoms with Gasteiger partial charge in [-0.2, -0.15) is 0 Å². The van der Waals surface area contributed by atoms with E-state index in [2.05, 4.69) is 16.7 Å². The first-order valence-electron chi connectivity index (χ1n) is 8.65. The number of Topliss-reactive ketones (excluding diaryl/α,β-unsaturated/α-hetero) is 1. The zero-order chi connectivity index (χ0) is 18.3. The van der Waals surface area contributed by atoms with Gasteiger partial charge in [-0.15, -0.1) is 11.6 Å². The molecule has 26 heavy (non-hydrogen) atoms. The van der Waals surface area contributed by atoms with E-state index in [4.69, 9.17) is 27.9 Å². The van der Waals surface area contributed by atoms with Crippen LogP contribution in [0.1, 0.15) is 21.6 Å². The maximum atomic E-state index is 12.5. The Morgan fingerprint density at radius 3 is 2.54 bits per heavy atom. The molecule has 0 bridgehead atoms. The van der Waals surface area contributed by atoms with Crippen LogP contribution in [0, 0.1) is 12.8 Å². The summed E-state index contributed by atoms with van der Waals surface area (Å²) < 4.78 is 7.41. The molecule has 0 spiro atoms. The topological polar surface area (TPSA) is 31.2 Å². The maximum Gasteiger partial charge on any atom is 0.180 e. The first-order valence-corrected chi connectivity index (χ1v) is 9.56. The molecule has 0 N–H and O–H groups in total. The van der Waals surface area contributed by atoms with Gasteiger partial charge in [-0.25, -0.2) is 0 Å². The minimum absolute atomic E-state index is 0.0261. The number of halogens is 2. The van der Waals surface area contributed by atoms with Gasteiger partial charge in [-0.05, 0) is 49.2 Å². The fourth-order valence-corrected chi connectivity index (χ4v) is 3.92. The number of carbonyl (C=O) groups excluding carboxylic acids is 1. The molecule has 1 saturated heterocycles. The Hall–Kier alpha value is -1.81. The van der Waals surface area contributed by atoms with E-state index in [0.29, 0.717) is 16.5 Å². The molecule has 0 unspecified atom stereocenters. The summed E-state index contributed by atoms with van der Waals surface area (Å²) in [6.45, 7) is 3.62. The number of aromatic nitrogens is 1. The Bertz CT molecular complexity index is 972. The van der Waals surface area contributed by atoms with E-state index in [9.17, 15) is 4.79 Å². The molecule has 0 aliphatic carbocycles. The average Bonchev–Trinajstić information content (AvgIpc) is 2.90. The molecule has 0 saturated carbocycles. The quantitative estimate of drug-likeness (QED) is 0.444. The monoisotopic (exact) mass is 387 g/mol. The number of ketones is 1. The van der Waals surface area contributed by atoms with Crippen LogP contribution in [0.2, 0.25) is 5.02 Å². The number of nitrogens with zero attached hydrogens (tertiary/aromatic N) is 1. The van der Waals surface area contributed by atoms with E-state index in [1.165, 1.54) is 5.56 Å². The van der Waals surface area contributed by atoms with Gasteiger partial charge in [0, 0.05) is 33.3 Å². The first kappa shape index (κ1) is 17.6. The molecular weight excluding hydrogens is 369 g/mol. The van der Waals surface area contributed by atoms with Gasteiger partial charge < -0.3 is 9.30 Å². The minimum Gasteiger partial charge on any atom is -0.381 e. The lowest BCUT2D eigenvalue weighted by Gasteiger charge is -2.25. The minimum atomic E-state index is -0.0537. The van der Waals surface area contributed by atoms with Crippen LogP contribution in [-0.4, -0.2) is 29.4 Å². The first-order chi connectivity index (χ1) is 12.6. The predicted octanol–water partition coefficient (Wildman–Crippen LogP) is 5.20. The molecule has 5 heteroatoms. The summed E-state index contributed by atoms with van der Waals surface area (Å²) in [5, 5.41) is 1.63. The van der Waals surface area contributed by atoms with E-state index in [0.717, 1.165) is 41.9 Å². The summed E-state index contributed by atoms with van der Waals surface area (Å²) in [7, 11) is 0. The lowest BCUT2D eigenvalue weighted by molar-refractivity contribution is -0.0312. The highest BCUT2D eigenvalue weighted by molar-refractivity contribution is 6.32. The second-order valence-electron chi connectivity index (χ2n) is 6.79.